The van der Waals surface area contributed by atoms with Crippen LogP contribution < -0.4 is 15.9 Å². The molecule has 8 nitrogen and oxygen atoms in total. The standard InChI is InChI=1S/C21H27ClN4O4/c1-21(2,3)30-20(28)24-17(13-7-8-13)18-23-15-6-4-5-14(22)16(15)19(27)26(18)25-9-11-29-12-10-25/h4-6,13,17H,7-12H2,1-3H3,(H,24,28)/t17-/m0/s1. The molecule has 1 aromatic heterocycles. The Bertz CT molecular complexity index is 1010. The average molecular weight is 435 g/mol. The summed E-state index contributed by atoms with van der Waals surface area (Å²) in [5.41, 5.74) is -0.338. The van der Waals surface area contributed by atoms with Gasteiger partial charge in [-0.05, 0) is 51.7 Å². The van der Waals surface area contributed by atoms with Crippen LogP contribution in [0.25, 0.3) is 10.9 Å². The van der Waals surface area contributed by atoms with Gasteiger partial charge >= 0.3 is 6.09 Å². The van der Waals surface area contributed by atoms with Gasteiger partial charge in [-0.15, -0.1) is 0 Å². The van der Waals surface area contributed by atoms with E-state index >= 15 is 0 Å². The summed E-state index contributed by atoms with van der Waals surface area (Å²) in [6.45, 7) is 7.58. The van der Waals surface area contributed by atoms with E-state index in [1.165, 1.54) is 0 Å². The summed E-state index contributed by atoms with van der Waals surface area (Å²) in [4.78, 5) is 30.9. The van der Waals surface area contributed by atoms with Crippen molar-refractivity contribution in [2.45, 2.75) is 45.3 Å². The molecule has 0 spiro atoms. The molecular formula is C21H27ClN4O4. The van der Waals surface area contributed by atoms with Gasteiger partial charge in [0.25, 0.3) is 5.56 Å². The van der Waals surface area contributed by atoms with E-state index in [2.05, 4.69) is 5.32 Å². The van der Waals surface area contributed by atoms with Crippen molar-refractivity contribution in [2.24, 2.45) is 5.92 Å². The van der Waals surface area contributed by atoms with Crippen LogP contribution in [-0.2, 0) is 9.47 Å². The molecule has 0 unspecified atom stereocenters. The molecule has 2 aromatic rings. The van der Waals surface area contributed by atoms with Gasteiger partial charge in [-0.25, -0.2) is 14.5 Å². The van der Waals surface area contributed by atoms with Crippen LogP contribution in [0.1, 0.15) is 45.5 Å². The van der Waals surface area contributed by atoms with E-state index in [9.17, 15) is 9.59 Å². The van der Waals surface area contributed by atoms with Gasteiger partial charge in [0.1, 0.15) is 5.60 Å². The molecule has 1 saturated heterocycles. The number of alkyl carbamates (subject to hydrolysis) is 1. The molecule has 1 amide bonds. The maximum Gasteiger partial charge on any atom is 0.408 e. The molecule has 1 aliphatic carbocycles. The molecule has 1 N–H and O–H groups in total. The number of aromatic nitrogens is 2. The van der Waals surface area contributed by atoms with Gasteiger partial charge in [0.15, 0.2) is 5.82 Å². The number of nitrogens with zero attached hydrogens (tertiary/aromatic N) is 3. The summed E-state index contributed by atoms with van der Waals surface area (Å²) < 4.78 is 12.5. The third-order valence-corrected chi connectivity index (χ3v) is 5.48. The third-order valence-electron chi connectivity index (χ3n) is 5.16. The van der Waals surface area contributed by atoms with Crippen molar-refractivity contribution < 1.29 is 14.3 Å². The summed E-state index contributed by atoms with van der Waals surface area (Å²) in [5.74, 6) is 0.707. The number of nitrogens with one attached hydrogen (secondary N) is 1. The van der Waals surface area contributed by atoms with Crippen LogP contribution in [-0.4, -0.2) is 47.7 Å². The molecule has 4 rings (SSSR count). The van der Waals surface area contributed by atoms with Gasteiger partial charge in [-0.2, -0.15) is 0 Å². The first-order valence-corrected chi connectivity index (χ1v) is 10.7. The summed E-state index contributed by atoms with van der Waals surface area (Å²) in [7, 11) is 0. The van der Waals surface area contributed by atoms with Gasteiger partial charge < -0.3 is 19.8 Å². The van der Waals surface area contributed by atoms with Crippen LogP contribution >= 0.6 is 11.6 Å². The van der Waals surface area contributed by atoms with E-state index in [-0.39, 0.29) is 11.5 Å². The number of hydrogen-bond acceptors (Lipinski definition) is 6. The predicted octanol–water partition coefficient (Wildman–Crippen LogP) is 2.99. The zero-order chi connectivity index (χ0) is 21.5. The molecule has 162 valence electrons. The Hall–Kier alpha value is -2.32. The molecule has 0 bridgehead atoms. The van der Waals surface area contributed by atoms with Crippen LogP contribution in [0, 0.1) is 5.92 Å². The maximum absolute atomic E-state index is 13.5. The predicted molar refractivity (Wildman–Crippen MR) is 115 cm³/mol. The number of benzene rings is 1. The van der Waals surface area contributed by atoms with Gasteiger partial charge in [0, 0.05) is 0 Å². The van der Waals surface area contributed by atoms with Crippen molar-refractivity contribution in [3.05, 3.63) is 39.4 Å². The molecular weight excluding hydrogens is 408 g/mol. The highest BCUT2D eigenvalue weighted by Crippen LogP contribution is 2.41. The van der Waals surface area contributed by atoms with Crippen LogP contribution in [0.3, 0.4) is 0 Å². The van der Waals surface area contributed by atoms with E-state index in [4.69, 9.17) is 26.1 Å². The van der Waals surface area contributed by atoms with Crippen LogP contribution in [0.2, 0.25) is 5.02 Å². The number of hydrogen-bond donors (Lipinski definition) is 1. The summed E-state index contributed by atoms with van der Waals surface area (Å²) >= 11 is 6.35. The molecule has 30 heavy (non-hydrogen) atoms. The monoisotopic (exact) mass is 434 g/mol. The molecule has 1 aliphatic heterocycles. The second-order valence-electron chi connectivity index (χ2n) is 8.75. The Labute approximate surface area is 180 Å². The largest absolute Gasteiger partial charge is 0.444 e. The molecule has 2 aliphatic rings. The Morgan fingerprint density at radius 3 is 2.63 bits per heavy atom. The first-order valence-electron chi connectivity index (χ1n) is 10.3. The fraction of sp³-hybridized carbons (Fsp3) is 0.571. The molecule has 1 saturated carbocycles. The number of halogens is 1. The van der Waals surface area contributed by atoms with E-state index in [0.29, 0.717) is 48.1 Å². The number of rotatable bonds is 4. The third kappa shape index (κ3) is 4.39. The van der Waals surface area contributed by atoms with Crippen molar-refractivity contribution in [1.82, 2.24) is 15.0 Å². The fourth-order valence-electron chi connectivity index (χ4n) is 3.68. The van der Waals surface area contributed by atoms with E-state index in [1.54, 1.807) is 22.9 Å². The second kappa shape index (κ2) is 8.07. The zero-order valence-corrected chi connectivity index (χ0v) is 18.2. The van der Waals surface area contributed by atoms with E-state index < -0.39 is 17.7 Å². The quantitative estimate of drug-likeness (QED) is 0.796. The van der Waals surface area contributed by atoms with Crippen LogP contribution in [0.5, 0.6) is 0 Å². The minimum Gasteiger partial charge on any atom is -0.444 e. The van der Waals surface area contributed by atoms with Gasteiger partial charge in [-0.1, -0.05) is 17.7 Å². The summed E-state index contributed by atoms with van der Waals surface area (Å²) in [6.07, 6.45) is 1.38. The molecule has 1 atom stereocenters. The lowest BCUT2D eigenvalue weighted by Gasteiger charge is -2.34. The summed E-state index contributed by atoms with van der Waals surface area (Å²) in [6, 6.07) is 4.80. The van der Waals surface area contributed by atoms with Crippen LogP contribution in [0.15, 0.2) is 23.0 Å². The first-order chi connectivity index (χ1) is 14.2. The fourth-order valence-corrected chi connectivity index (χ4v) is 3.93. The minimum atomic E-state index is -0.619. The van der Waals surface area contributed by atoms with E-state index in [0.717, 1.165) is 12.8 Å². The topological polar surface area (TPSA) is 85.7 Å². The highest BCUT2D eigenvalue weighted by molar-refractivity contribution is 6.35. The van der Waals surface area contributed by atoms with Gasteiger partial charge in [0.05, 0.1) is 48.3 Å². The molecule has 1 aromatic carbocycles. The van der Waals surface area contributed by atoms with Crippen LogP contribution in [0.4, 0.5) is 4.79 Å². The average Bonchev–Trinajstić information content (AvgIpc) is 3.50. The number of morpholine rings is 1. The number of ether oxygens (including phenoxy) is 2. The second-order valence-corrected chi connectivity index (χ2v) is 9.16. The Morgan fingerprint density at radius 1 is 1.30 bits per heavy atom. The Balaban J connectivity index is 1.82. The lowest BCUT2D eigenvalue weighted by molar-refractivity contribution is 0.0491. The number of amides is 1. The van der Waals surface area contributed by atoms with Crippen molar-refractivity contribution in [1.29, 1.82) is 0 Å². The lowest BCUT2D eigenvalue weighted by Crippen LogP contribution is -2.52. The maximum atomic E-state index is 13.5. The molecule has 2 heterocycles. The van der Waals surface area contributed by atoms with Crippen molar-refractivity contribution in [3.63, 3.8) is 0 Å². The first kappa shape index (κ1) is 20.9. The highest BCUT2D eigenvalue weighted by atomic mass is 35.5. The van der Waals surface area contributed by atoms with Crippen molar-refractivity contribution in [3.8, 4) is 0 Å². The number of carbonyl (C=O) groups is 1. The van der Waals surface area contributed by atoms with Crippen molar-refractivity contribution in [2.75, 3.05) is 31.3 Å². The SMILES string of the molecule is CC(C)(C)OC(=O)N[C@H](c1nc2cccc(Cl)c2c(=O)n1N1CCOCC1)C1CC1. The van der Waals surface area contributed by atoms with Crippen molar-refractivity contribution >= 4 is 28.6 Å². The van der Waals surface area contributed by atoms with E-state index in [1.807, 2.05) is 25.8 Å². The Kier molecular flexibility index (Phi) is 5.63. The Morgan fingerprint density at radius 2 is 2.00 bits per heavy atom. The molecule has 9 heteroatoms. The minimum absolute atomic E-state index is 0.202. The van der Waals surface area contributed by atoms with Gasteiger partial charge in [-0.3, -0.25) is 4.79 Å². The van der Waals surface area contributed by atoms with Gasteiger partial charge in [0.2, 0.25) is 0 Å². The molecule has 0 radical (unpaired) electrons. The summed E-state index contributed by atoms with van der Waals surface area (Å²) in [5, 5.41) is 5.62. The number of carbonyl (C=O) groups excluding carboxylic acids is 1. The highest BCUT2D eigenvalue weighted by Gasteiger charge is 2.38. The number of fused-ring (bicyclic) bond motifs is 1. The zero-order valence-electron chi connectivity index (χ0n) is 17.5. The molecule has 2 fully saturated rings. The lowest BCUT2D eigenvalue weighted by atomic mass is 10.1. The normalized spacial score (nSPS) is 18.3. The smallest absolute Gasteiger partial charge is 0.408 e.